The molecule has 2 heterocycles. The number of rotatable bonds is 6. The van der Waals surface area contributed by atoms with Crippen molar-refractivity contribution in [1.82, 2.24) is 5.32 Å². The number of hydrogen-bond acceptors (Lipinski definition) is 3. The smallest absolute Gasteiger partial charge is 0.105 e. The highest BCUT2D eigenvalue weighted by molar-refractivity contribution is 9.10. The zero-order valence-corrected chi connectivity index (χ0v) is 13.1. The van der Waals surface area contributed by atoms with E-state index in [1.807, 2.05) is 6.92 Å². The highest BCUT2D eigenvalue weighted by Gasteiger charge is 2.16. The minimum absolute atomic E-state index is 0.342. The second-order valence-corrected chi connectivity index (χ2v) is 6.29. The van der Waals surface area contributed by atoms with Gasteiger partial charge in [-0.1, -0.05) is 6.92 Å². The molecule has 0 aliphatic heterocycles. The normalized spacial score (nSPS) is 12.8. The average Bonchev–Trinajstić information content (AvgIpc) is 2.93. The molecular formula is C14H18BrNOS. The Morgan fingerprint density at radius 2 is 2.33 bits per heavy atom. The number of thiophene rings is 1. The van der Waals surface area contributed by atoms with Crippen molar-refractivity contribution in [3.8, 4) is 0 Å². The number of hydrogen-bond donors (Lipinski definition) is 1. The van der Waals surface area contributed by atoms with Gasteiger partial charge in [-0.25, -0.2) is 0 Å². The third kappa shape index (κ3) is 3.46. The molecule has 1 atom stereocenters. The molecule has 18 heavy (non-hydrogen) atoms. The minimum atomic E-state index is 0.342. The van der Waals surface area contributed by atoms with E-state index < -0.39 is 0 Å². The van der Waals surface area contributed by atoms with E-state index in [9.17, 15) is 0 Å². The Balaban J connectivity index is 2.12. The molecule has 1 unspecified atom stereocenters. The summed E-state index contributed by atoms with van der Waals surface area (Å²) in [5.74, 6) is 1.01. The molecule has 0 fully saturated rings. The third-order valence-corrected chi connectivity index (χ3v) is 4.66. The van der Waals surface area contributed by atoms with Gasteiger partial charge in [-0.3, -0.25) is 0 Å². The SMILES string of the molecule is CCCNC(Cc1cc(Br)cs1)c1ccoc1C. The summed E-state index contributed by atoms with van der Waals surface area (Å²) in [5, 5.41) is 5.74. The largest absolute Gasteiger partial charge is 0.469 e. The molecule has 0 aromatic carbocycles. The predicted molar refractivity (Wildman–Crippen MR) is 80.2 cm³/mol. The zero-order valence-electron chi connectivity index (χ0n) is 10.7. The van der Waals surface area contributed by atoms with Gasteiger partial charge in [0.25, 0.3) is 0 Å². The van der Waals surface area contributed by atoms with Gasteiger partial charge >= 0.3 is 0 Å². The lowest BCUT2D eigenvalue weighted by Gasteiger charge is -2.17. The number of aryl methyl sites for hydroxylation is 1. The van der Waals surface area contributed by atoms with Crippen LogP contribution in [0.4, 0.5) is 0 Å². The molecule has 0 aliphatic rings. The van der Waals surface area contributed by atoms with Gasteiger partial charge in [-0.15, -0.1) is 11.3 Å². The molecule has 2 aromatic heterocycles. The van der Waals surface area contributed by atoms with E-state index >= 15 is 0 Å². The Bertz CT molecular complexity index is 491. The third-order valence-electron chi connectivity index (χ3n) is 2.94. The second-order valence-electron chi connectivity index (χ2n) is 4.37. The molecule has 0 radical (unpaired) electrons. The van der Waals surface area contributed by atoms with Gasteiger partial charge in [-0.2, -0.15) is 0 Å². The van der Waals surface area contributed by atoms with Crippen LogP contribution >= 0.6 is 27.3 Å². The first-order valence-electron chi connectivity index (χ1n) is 6.21. The van der Waals surface area contributed by atoms with Gasteiger partial charge in [0.2, 0.25) is 0 Å². The van der Waals surface area contributed by atoms with Gasteiger partial charge < -0.3 is 9.73 Å². The van der Waals surface area contributed by atoms with Gasteiger partial charge in [0.1, 0.15) is 5.76 Å². The molecule has 98 valence electrons. The average molecular weight is 328 g/mol. The molecular weight excluding hydrogens is 310 g/mol. The van der Waals surface area contributed by atoms with Crippen molar-refractivity contribution >= 4 is 27.3 Å². The molecule has 2 rings (SSSR count). The van der Waals surface area contributed by atoms with Crippen LogP contribution in [0.5, 0.6) is 0 Å². The predicted octanol–water partition coefficient (Wildman–Crippen LogP) is 4.70. The van der Waals surface area contributed by atoms with E-state index in [1.54, 1.807) is 17.6 Å². The Morgan fingerprint density at radius 1 is 1.50 bits per heavy atom. The lowest BCUT2D eigenvalue weighted by Crippen LogP contribution is -2.24. The van der Waals surface area contributed by atoms with Crippen LogP contribution < -0.4 is 5.32 Å². The lowest BCUT2D eigenvalue weighted by molar-refractivity contribution is 0.495. The van der Waals surface area contributed by atoms with Crippen LogP contribution in [0.2, 0.25) is 0 Å². The van der Waals surface area contributed by atoms with Gasteiger partial charge in [0.05, 0.1) is 6.26 Å². The highest BCUT2D eigenvalue weighted by atomic mass is 79.9. The summed E-state index contributed by atoms with van der Waals surface area (Å²) in [6, 6.07) is 4.61. The Labute approximate surface area is 121 Å². The highest BCUT2D eigenvalue weighted by Crippen LogP contribution is 2.27. The fraction of sp³-hybridized carbons (Fsp3) is 0.429. The molecule has 2 aromatic rings. The molecule has 0 amide bonds. The van der Waals surface area contributed by atoms with Crippen molar-refractivity contribution in [2.75, 3.05) is 6.54 Å². The Kier molecular flexibility index (Phi) is 5.03. The number of halogens is 1. The van der Waals surface area contributed by atoms with Gasteiger partial charge in [0.15, 0.2) is 0 Å². The first kappa shape index (κ1) is 13.8. The maximum absolute atomic E-state index is 5.42. The maximum Gasteiger partial charge on any atom is 0.105 e. The summed E-state index contributed by atoms with van der Waals surface area (Å²) in [6.45, 7) is 5.25. The topological polar surface area (TPSA) is 25.2 Å². The van der Waals surface area contributed by atoms with Crippen molar-refractivity contribution in [3.05, 3.63) is 44.4 Å². The quantitative estimate of drug-likeness (QED) is 0.832. The fourth-order valence-corrected chi connectivity index (χ4v) is 3.53. The van der Waals surface area contributed by atoms with Crippen LogP contribution in [0.3, 0.4) is 0 Å². The van der Waals surface area contributed by atoms with E-state index in [2.05, 4.69) is 45.7 Å². The summed E-state index contributed by atoms with van der Waals surface area (Å²) in [6.07, 6.45) is 3.92. The van der Waals surface area contributed by atoms with Crippen molar-refractivity contribution < 1.29 is 4.42 Å². The Hall–Kier alpha value is -0.580. The van der Waals surface area contributed by atoms with Crippen molar-refractivity contribution in [1.29, 1.82) is 0 Å². The Morgan fingerprint density at radius 3 is 2.89 bits per heavy atom. The molecule has 0 bridgehead atoms. The molecule has 4 heteroatoms. The summed E-state index contributed by atoms with van der Waals surface area (Å²) in [4.78, 5) is 1.39. The molecule has 0 spiro atoms. The number of nitrogens with one attached hydrogen (secondary N) is 1. The summed E-state index contributed by atoms with van der Waals surface area (Å²) in [7, 11) is 0. The molecule has 0 saturated heterocycles. The summed E-state index contributed by atoms with van der Waals surface area (Å²) in [5.41, 5.74) is 1.27. The van der Waals surface area contributed by atoms with Crippen LogP contribution in [0, 0.1) is 6.92 Å². The maximum atomic E-state index is 5.42. The first-order chi connectivity index (χ1) is 8.70. The minimum Gasteiger partial charge on any atom is -0.469 e. The monoisotopic (exact) mass is 327 g/mol. The second kappa shape index (κ2) is 6.55. The van der Waals surface area contributed by atoms with Crippen LogP contribution in [0.25, 0.3) is 0 Å². The van der Waals surface area contributed by atoms with Gasteiger partial charge in [-0.05, 0) is 48.0 Å². The fourth-order valence-electron chi connectivity index (χ4n) is 2.03. The van der Waals surface area contributed by atoms with Crippen LogP contribution in [-0.4, -0.2) is 6.54 Å². The standard InChI is InChI=1S/C14H18BrNOS/c1-3-5-16-14(13-4-6-17-10(13)2)8-12-7-11(15)9-18-12/h4,6-7,9,14,16H,3,5,8H2,1-2H3. The van der Waals surface area contributed by atoms with Crippen molar-refractivity contribution in [2.24, 2.45) is 0 Å². The van der Waals surface area contributed by atoms with Crippen molar-refractivity contribution in [3.63, 3.8) is 0 Å². The van der Waals surface area contributed by atoms with E-state index in [-0.39, 0.29) is 0 Å². The number of furan rings is 1. The summed E-state index contributed by atoms with van der Waals surface area (Å²) < 4.78 is 6.59. The van der Waals surface area contributed by atoms with E-state index in [0.29, 0.717) is 6.04 Å². The van der Waals surface area contributed by atoms with E-state index in [1.165, 1.54) is 14.9 Å². The van der Waals surface area contributed by atoms with E-state index in [0.717, 1.165) is 25.1 Å². The van der Waals surface area contributed by atoms with Crippen LogP contribution in [0.15, 0.2) is 32.7 Å². The molecule has 1 N–H and O–H groups in total. The van der Waals surface area contributed by atoms with Gasteiger partial charge in [0, 0.05) is 32.8 Å². The molecule has 0 saturated carbocycles. The summed E-state index contributed by atoms with van der Waals surface area (Å²) >= 11 is 5.31. The van der Waals surface area contributed by atoms with Crippen LogP contribution in [-0.2, 0) is 6.42 Å². The van der Waals surface area contributed by atoms with Crippen LogP contribution in [0.1, 0.15) is 35.6 Å². The first-order valence-corrected chi connectivity index (χ1v) is 7.88. The van der Waals surface area contributed by atoms with Crippen molar-refractivity contribution in [2.45, 2.75) is 32.7 Å². The lowest BCUT2D eigenvalue weighted by atomic mass is 10.0. The molecule has 0 aliphatic carbocycles. The van der Waals surface area contributed by atoms with E-state index in [4.69, 9.17) is 4.42 Å². The zero-order chi connectivity index (χ0) is 13.0. The molecule has 2 nitrogen and oxygen atoms in total.